The van der Waals surface area contributed by atoms with Gasteiger partial charge in [0.1, 0.15) is 0 Å². The Labute approximate surface area is 62.7 Å². The molecule has 10 heavy (non-hydrogen) atoms. The molecule has 0 atom stereocenters. The molecule has 60 valence electrons. The lowest BCUT2D eigenvalue weighted by molar-refractivity contribution is 0.0827. The Balaban J connectivity index is 2.23. The Bertz CT molecular complexity index is 108. The van der Waals surface area contributed by atoms with Gasteiger partial charge in [0.15, 0.2) is 0 Å². The van der Waals surface area contributed by atoms with Crippen LogP contribution in [-0.4, -0.2) is 6.61 Å². The quantitative estimate of drug-likeness (QED) is 0.608. The summed E-state index contributed by atoms with van der Waals surface area (Å²) in [6.07, 6.45) is 3.88. The van der Waals surface area contributed by atoms with Crippen LogP contribution in [0.2, 0.25) is 0 Å². The third kappa shape index (κ3) is 1.96. The van der Waals surface area contributed by atoms with Crippen molar-refractivity contribution in [1.29, 1.82) is 0 Å². The first-order chi connectivity index (χ1) is 4.68. The Morgan fingerprint density at radius 1 is 1.50 bits per heavy atom. The molecule has 1 saturated carbocycles. The van der Waals surface area contributed by atoms with Crippen LogP contribution >= 0.6 is 0 Å². The fourth-order valence-electron chi connectivity index (χ4n) is 1.63. The van der Waals surface area contributed by atoms with E-state index in [-0.39, 0.29) is 0 Å². The molecule has 0 amide bonds. The summed E-state index contributed by atoms with van der Waals surface area (Å²) < 4.78 is 0. The highest BCUT2D eigenvalue weighted by Crippen LogP contribution is 2.50. The first kappa shape index (κ1) is 8.02. The SMILES string of the molecule is CC(C)CC1(CON)CC1. The molecule has 1 aliphatic carbocycles. The number of nitrogens with two attached hydrogens (primary N) is 1. The third-order valence-electron chi connectivity index (χ3n) is 2.19. The van der Waals surface area contributed by atoms with Crippen molar-refractivity contribution in [2.45, 2.75) is 33.1 Å². The topological polar surface area (TPSA) is 35.2 Å². The predicted molar refractivity (Wildman–Crippen MR) is 41.3 cm³/mol. The molecule has 0 aliphatic heterocycles. The highest BCUT2D eigenvalue weighted by molar-refractivity contribution is 4.93. The molecule has 0 aromatic heterocycles. The van der Waals surface area contributed by atoms with Crippen molar-refractivity contribution in [3.05, 3.63) is 0 Å². The van der Waals surface area contributed by atoms with Crippen LogP contribution in [0, 0.1) is 11.3 Å². The molecule has 0 spiro atoms. The second kappa shape index (κ2) is 2.89. The molecule has 2 heteroatoms. The number of hydrogen-bond acceptors (Lipinski definition) is 2. The molecule has 0 aromatic rings. The maximum atomic E-state index is 5.03. The predicted octanol–water partition coefficient (Wildman–Crippen LogP) is 1.70. The molecular weight excluding hydrogens is 126 g/mol. The van der Waals surface area contributed by atoms with E-state index in [0.717, 1.165) is 12.5 Å². The average molecular weight is 143 g/mol. The molecule has 0 bridgehead atoms. The van der Waals surface area contributed by atoms with Crippen LogP contribution in [0.1, 0.15) is 33.1 Å². The largest absolute Gasteiger partial charge is 0.304 e. The second-order valence-electron chi connectivity index (χ2n) is 3.91. The van der Waals surface area contributed by atoms with Crippen molar-refractivity contribution in [3.8, 4) is 0 Å². The van der Waals surface area contributed by atoms with Gasteiger partial charge in [-0.15, -0.1) is 0 Å². The lowest BCUT2D eigenvalue weighted by Gasteiger charge is -2.15. The van der Waals surface area contributed by atoms with E-state index in [1.165, 1.54) is 19.3 Å². The molecule has 1 rings (SSSR count). The van der Waals surface area contributed by atoms with E-state index in [0.29, 0.717) is 5.41 Å². The van der Waals surface area contributed by atoms with Crippen molar-refractivity contribution in [1.82, 2.24) is 0 Å². The van der Waals surface area contributed by atoms with Crippen molar-refractivity contribution in [2.24, 2.45) is 17.2 Å². The first-order valence-corrected chi connectivity index (χ1v) is 4.00. The Hall–Kier alpha value is -0.0800. The van der Waals surface area contributed by atoms with Crippen LogP contribution < -0.4 is 5.90 Å². The van der Waals surface area contributed by atoms with Crippen LogP contribution in [0.4, 0.5) is 0 Å². The molecular formula is C8H17NO. The van der Waals surface area contributed by atoms with Gasteiger partial charge in [0.25, 0.3) is 0 Å². The van der Waals surface area contributed by atoms with Gasteiger partial charge < -0.3 is 4.84 Å². The van der Waals surface area contributed by atoms with Crippen molar-refractivity contribution in [2.75, 3.05) is 6.61 Å². The van der Waals surface area contributed by atoms with Gasteiger partial charge in [-0.1, -0.05) is 13.8 Å². The maximum Gasteiger partial charge on any atom is 0.0735 e. The summed E-state index contributed by atoms with van der Waals surface area (Å²) >= 11 is 0. The Morgan fingerprint density at radius 2 is 2.10 bits per heavy atom. The summed E-state index contributed by atoms with van der Waals surface area (Å²) in [7, 11) is 0. The van der Waals surface area contributed by atoms with Gasteiger partial charge in [-0.25, -0.2) is 5.90 Å². The van der Waals surface area contributed by atoms with Gasteiger partial charge >= 0.3 is 0 Å². The third-order valence-corrected chi connectivity index (χ3v) is 2.19. The molecule has 0 heterocycles. The normalized spacial score (nSPS) is 21.6. The monoisotopic (exact) mass is 143 g/mol. The average Bonchev–Trinajstić information content (AvgIpc) is 2.47. The van der Waals surface area contributed by atoms with Crippen molar-refractivity contribution in [3.63, 3.8) is 0 Å². The minimum Gasteiger partial charge on any atom is -0.304 e. The van der Waals surface area contributed by atoms with E-state index in [1.807, 2.05) is 0 Å². The highest BCUT2D eigenvalue weighted by Gasteiger charge is 2.42. The summed E-state index contributed by atoms with van der Waals surface area (Å²) in [4.78, 5) is 4.67. The summed E-state index contributed by atoms with van der Waals surface area (Å²) in [5, 5.41) is 0. The Kier molecular flexibility index (Phi) is 2.32. The van der Waals surface area contributed by atoms with Gasteiger partial charge in [0, 0.05) is 0 Å². The van der Waals surface area contributed by atoms with Gasteiger partial charge in [0.2, 0.25) is 0 Å². The van der Waals surface area contributed by atoms with Crippen LogP contribution in [0.5, 0.6) is 0 Å². The van der Waals surface area contributed by atoms with Crippen LogP contribution in [0.3, 0.4) is 0 Å². The standard InChI is InChI=1S/C8H17NO/c1-7(2)5-8(3-4-8)6-10-9/h7H,3-6,9H2,1-2H3. The second-order valence-corrected chi connectivity index (χ2v) is 3.91. The van der Waals surface area contributed by atoms with Gasteiger partial charge in [-0.05, 0) is 30.6 Å². The number of rotatable bonds is 4. The zero-order valence-electron chi connectivity index (χ0n) is 6.89. The summed E-state index contributed by atoms with van der Waals surface area (Å²) in [5.74, 6) is 5.81. The minimum absolute atomic E-state index is 0.475. The van der Waals surface area contributed by atoms with Gasteiger partial charge in [0.05, 0.1) is 6.61 Å². The van der Waals surface area contributed by atoms with E-state index in [2.05, 4.69) is 18.7 Å². The summed E-state index contributed by atoms with van der Waals surface area (Å²) in [6.45, 7) is 5.25. The molecule has 0 radical (unpaired) electrons. The van der Waals surface area contributed by atoms with Crippen molar-refractivity contribution >= 4 is 0 Å². The fourth-order valence-corrected chi connectivity index (χ4v) is 1.63. The maximum absolute atomic E-state index is 5.03. The zero-order valence-corrected chi connectivity index (χ0v) is 6.89. The lowest BCUT2D eigenvalue weighted by Crippen LogP contribution is -2.15. The van der Waals surface area contributed by atoms with Crippen molar-refractivity contribution < 1.29 is 4.84 Å². The minimum atomic E-state index is 0.475. The molecule has 2 N–H and O–H groups in total. The molecule has 0 unspecified atom stereocenters. The first-order valence-electron chi connectivity index (χ1n) is 4.00. The smallest absolute Gasteiger partial charge is 0.0735 e. The van der Waals surface area contributed by atoms with E-state index in [9.17, 15) is 0 Å². The lowest BCUT2D eigenvalue weighted by atomic mass is 9.95. The highest BCUT2D eigenvalue weighted by atomic mass is 16.6. The summed E-state index contributed by atoms with van der Waals surface area (Å²) in [5.41, 5.74) is 0.475. The Morgan fingerprint density at radius 3 is 2.40 bits per heavy atom. The van der Waals surface area contributed by atoms with E-state index >= 15 is 0 Å². The van der Waals surface area contributed by atoms with Gasteiger partial charge in [-0.3, -0.25) is 0 Å². The fraction of sp³-hybridized carbons (Fsp3) is 1.00. The molecule has 0 aromatic carbocycles. The molecule has 1 aliphatic rings. The van der Waals surface area contributed by atoms with E-state index in [4.69, 9.17) is 5.90 Å². The van der Waals surface area contributed by atoms with Crippen LogP contribution in [0.25, 0.3) is 0 Å². The molecule has 0 saturated heterocycles. The van der Waals surface area contributed by atoms with Gasteiger partial charge in [-0.2, -0.15) is 0 Å². The van der Waals surface area contributed by atoms with E-state index < -0.39 is 0 Å². The molecule has 1 fully saturated rings. The van der Waals surface area contributed by atoms with Crippen LogP contribution in [-0.2, 0) is 4.84 Å². The van der Waals surface area contributed by atoms with Crippen LogP contribution in [0.15, 0.2) is 0 Å². The number of hydrogen-bond donors (Lipinski definition) is 1. The van der Waals surface area contributed by atoms with E-state index in [1.54, 1.807) is 0 Å². The molecule has 2 nitrogen and oxygen atoms in total. The zero-order chi connectivity index (χ0) is 7.61. The summed E-state index contributed by atoms with van der Waals surface area (Å²) in [6, 6.07) is 0.